The van der Waals surface area contributed by atoms with Crippen LogP contribution in [0.1, 0.15) is 33.1 Å². The molecule has 0 bridgehead atoms. The molecular formula is C11H22FO5P. The Kier molecular flexibility index (Phi) is 9.24. The minimum atomic E-state index is -3.10. The molecule has 0 aliphatic heterocycles. The average Bonchev–Trinajstić information content (AvgIpc) is 2.29. The summed E-state index contributed by atoms with van der Waals surface area (Å²) in [7, 11) is -1.88. The van der Waals surface area contributed by atoms with Crippen LogP contribution in [0.4, 0.5) is 4.39 Å². The van der Waals surface area contributed by atoms with Gasteiger partial charge in [0, 0.05) is 0 Å². The lowest BCUT2D eigenvalue weighted by Crippen LogP contribution is -2.11. The van der Waals surface area contributed by atoms with Crippen molar-refractivity contribution in [3.05, 3.63) is 0 Å². The molecule has 0 N–H and O–H groups in total. The zero-order valence-electron chi connectivity index (χ0n) is 11.2. The zero-order valence-corrected chi connectivity index (χ0v) is 12.1. The summed E-state index contributed by atoms with van der Waals surface area (Å²) in [6.07, 6.45) is -0.913. The van der Waals surface area contributed by atoms with Gasteiger partial charge >= 0.3 is 13.6 Å². The van der Waals surface area contributed by atoms with E-state index in [9.17, 15) is 13.8 Å². The molecule has 0 aliphatic carbocycles. The molecule has 1 unspecified atom stereocenters. The highest BCUT2D eigenvalue weighted by Gasteiger charge is 2.24. The van der Waals surface area contributed by atoms with Crippen LogP contribution in [0, 0.1) is 0 Å². The first-order valence-electron chi connectivity index (χ1n) is 6.06. The molecule has 0 saturated carbocycles. The van der Waals surface area contributed by atoms with Crippen LogP contribution in [-0.4, -0.2) is 38.6 Å². The molecule has 0 saturated heterocycles. The van der Waals surface area contributed by atoms with Gasteiger partial charge in [-0.3, -0.25) is 9.36 Å². The first-order chi connectivity index (χ1) is 8.47. The molecule has 7 heteroatoms. The third kappa shape index (κ3) is 7.80. The van der Waals surface area contributed by atoms with Crippen molar-refractivity contribution in [2.24, 2.45) is 0 Å². The third-order valence-corrected chi connectivity index (χ3v) is 4.38. The molecule has 0 radical (unpaired) electrons. The van der Waals surface area contributed by atoms with Crippen LogP contribution in [0.25, 0.3) is 0 Å². The van der Waals surface area contributed by atoms with Crippen LogP contribution in [0.3, 0.4) is 0 Å². The Balaban J connectivity index is 3.99. The van der Waals surface area contributed by atoms with E-state index in [0.717, 1.165) is 0 Å². The number of alkyl halides is 1. The first kappa shape index (κ1) is 17.6. The fourth-order valence-electron chi connectivity index (χ4n) is 1.43. The summed E-state index contributed by atoms with van der Waals surface area (Å²) >= 11 is 0. The van der Waals surface area contributed by atoms with Gasteiger partial charge in [0.25, 0.3) is 0 Å². The van der Waals surface area contributed by atoms with Crippen LogP contribution >= 0.6 is 7.60 Å². The van der Waals surface area contributed by atoms with E-state index in [-0.39, 0.29) is 19.0 Å². The maximum absolute atomic E-state index is 13.3. The maximum Gasteiger partial charge on any atom is 0.330 e. The lowest BCUT2D eigenvalue weighted by atomic mass is 10.2. The average molecular weight is 284 g/mol. The van der Waals surface area contributed by atoms with Crippen LogP contribution in [-0.2, 0) is 23.1 Å². The molecule has 0 aliphatic rings. The van der Waals surface area contributed by atoms with Crippen molar-refractivity contribution in [1.29, 1.82) is 0 Å². The minimum absolute atomic E-state index is 0.138. The standard InChI is InChI=1S/C11H22FO5P/c1-4-16-18(14,17-5-2)8-6-7-10(12)9-11(13)15-3/h10H,4-9H2,1-3H3. The predicted molar refractivity (Wildman–Crippen MR) is 66.5 cm³/mol. The van der Waals surface area contributed by atoms with Gasteiger partial charge in [-0.25, -0.2) is 4.39 Å². The number of ether oxygens (including phenoxy) is 1. The molecule has 0 spiro atoms. The van der Waals surface area contributed by atoms with Crippen molar-refractivity contribution in [1.82, 2.24) is 0 Å². The summed E-state index contributed by atoms with van der Waals surface area (Å²) in [4.78, 5) is 10.8. The number of halogens is 1. The van der Waals surface area contributed by atoms with E-state index in [4.69, 9.17) is 9.05 Å². The second-order valence-electron chi connectivity index (χ2n) is 3.69. The van der Waals surface area contributed by atoms with Gasteiger partial charge in [-0.05, 0) is 26.7 Å². The number of hydrogen-bond donors (Lipinski definition) is 0. The van der Waals surface area contributed by atoms with Gasteiger partial charge in [0.05, 0.1) is 32.9 Å². The Morgan fingerprint density at radius 2 is 1.83 bits per heavy atom. The number of hydrogen-bond acceptors (Lipinski definition) is 5. The van der Waals surface area contributed by atoms with E-state index in [1.807, 2.05) is 0 Å². The number of methoxy groups -OCH3 is 1. The summed E-state index contributed by atoms with van der Waals surface area (Å²) in [6.45, 7) is 4.03. The van der Waals surface area contributed by atoms with Gasteiger partial charge in [0.15, 0.2) is 0 Å². The minimum Gasteiger partial charge on any atom is -0.469 e. The van der Waals surface area contributed by atoms with E-state index in [1.165, 1.54) is 7.11 Å². The molecule has 0 heterocycles. The molecule has 0 fully saturated rings. The molecule has 108 valence electrons. The quantitative estimate of drug-likeness (QED) is 0.456. The van der Waals surface area contributed by atoms with Gasteiger partial charge in [0.1, 0.15) is 6.17 Å². The van der Waals surface area contributed by atoms with Gasteiger partial charge in [-0.2, -0.15) is 0 Å². The predicted octanol–water partition coefficient (Wildman–Crippen LogP) is 2.93. The van der Waals surface area contributed by atoms with Crippen LogP contribution in [0.15, 0.2) is 0 Å². The van der Waals surface area contributed by atoms with E-state index in [0.29, 0.717) is 19.6 Å². The third-order valence-electron chi connectivity index (χ3n) is 2.22. The Hall–Kier alpha value is -0.450. The van der Waals surface area contributed by atoms with Crippen molar-refractivity contribution in [2.45, 2.75) is 39.3 Å². The molecular weight excluding hydrogens is 262 g/mol. The second kappa shape index (κ2) is 9.48. The molecule has 1 atom stereocenters. The number of carbonyl (C=O) groups is 1. The summed E-state index contributed by atoms with van der Waals surface area (Å²) in [5.41, 5.74) is 0. The highest BCUT2D eigenvalue weighted by Crippen LogP contribution is 2.48. The Morgan fingerprint density at radius 1 is 1.28 bits per heavy atom. The maximum atomic E-state index is 13.3. The fraction of sp³-hybridized carbons (Fsp3) is 0.909. The van der Waals surface area contributed by atoms with Crippen molar-refractivity contribution in [3.8, 4) is 0 Å². The number of rotatable bonds is 10. The van der Waals surface area contributed by atoms with Crippen LogP contribution in [0.5, 0.6) is 0 Å². The molecule has 0 aromatic carbocycles. The summed E-state index contributed by atoms with van der Waals surface area (Å²) in [5.74, 6) is -0.583. The highest BCUT2D eigenvalue weighted by molar-refractivity contribution is 7.53. The lowest BCUT2D eigenvalue weighted by molar-refractivity contribution is -0.141. The van der Waals surface area contributed by atoms with E-state index in [2.05, 4.69) is 4.74 Å². The molecule has 0 rings (SSSR count). The van der Waals surface area contributed by atoms with Gasteiger partial charge in [0.2, 0.25) is 0 Å². The monoisotopic (exact) mass is 284 g/mol. The van der Waals surface area contributed by atoms with Crippen molar-refractivity contribution >= 4 is 13.6 Å². The number of carbonyl (C=O) groups excluding carboxylic acids is 1. The topological polar surface area (TPSA) is 61.8 Å². The smallest absolute Gasteiger partial charge is 0.330 e. The first-order valence-corrected chi connectivity index (χ1v) is 7.79. The normalized spacial score (nSPS) is 13.3. The van der Waals surface area contributed by atoms with Crippen LogP contribution in [0.2, 0.25) is 0 Å². The largest absolute Gasteiger partial charge is 0.469 e. The van der Waals surface area contributed by atoms with Gasteiger partial charge in [-0.15, -0.1) is 0 Å². The summed E-state index contributed by atoms with van der Waals surface area (Å²) in [6, 6.07) is 0. The second-order valence-corrected chi connectivity index (χ2v) is 5.88. The van der Waals surface area contributed by atoms with Crippen molar-refractivity contribution in [2.75, 3.05) is 26.5 Å². The van der Waals surface area contributed by atoms with E-state index < -0.39 is 19.7 Å². The number of esters is 1. The summed E-state index contributed by atoms with van der Waals surface area (Å²) in [5, 5.41) is 0. The highest BCUT2D eigenvalue weighted by atomic mass is 31.2. The Bertz CT molecular complexity index is 275. The van der Waals surface area contributed by atoms with Crippen molar-refractivity contribution in [3.63, 3.8) is 0 Å². The van der Waals surface area contributed by atoms with E-state index in [1.54, 1.807) is 13.8 Å². The Morgan fingerprint density at radius 3 is 2.28 bits per heavy atom. The van der Waals surface area contributed by atoms with E-state index >= 15 is 0 Å². The lowest BCUT2D eigenvalue weighted by Gasteiger charge is -2.17. The van der Waals surface area contributed by atoms with Gasteiger partial charge in [-0.1, -0.05) is 0 Å². The van der Waals surface area contributed by atoms with Crippen molar-refractivity contribution < 1.29 is 27.5 Å². The zero-order chi connectivity index (χ0) is 14.0. The SMILES string of the molecule is CCOP(=O)(CCCC(F)CC(=O)OC)OCC. The van der Waals surface area contributed by atoms with Crippen LogP contribution < -0.4 is 0 Å². The molecule has 0 aromatic rings. The molecule has 5 nitrogen and oxygen atoms in total. The van der Waals surface area contributed by atoms with Gasteiger partial charge < -0.3 is 13.8 Å². The fourth-order valence-corrected chi connectivity index (χ4v) is 3.12. The summed E-state index contributed by atoms with van der Waals surface area (Å²) < 4.78 is 39.8. The molecule has 18 heavy (non-hydrogen) atoms. The molecule has 0 aromatic heterocycles. The molecule has 0 amide bonds. The Labute approximate surface area is 108 Å².